The lowest BCUT2D eigenvalue weighted by atomic mass is 9.79. The predicted octanol–water partition coefficient (Wildman–Crippen LogP) is 0.642. The van der Waals surface area contributed by atoms with Gasteiger partial charge in [0.25, 0.3) is 0 Å². The van der Waals surface area contributed by atoms with E-state index in [1.54, 1.807) is 6.20 Å². The van der Waals surface area contributed by atoms with Crippen LogP contribution in [0.5, 0.6) is 0 Å². The molecule has 0 unspecified atom stereocenters. The summed E-state index contributed by atoms with van der Waals surface area (Å²) in [6.07, 6.45) is 6.26. The van der Waals surface area contributed by atoms with Gasteiger partial charge in [-0.05, 0) is 37.9 Å². The molecule has 1 N–H and O–H groups in total. The molecular formula is C17H24N4O2. The van der Waals surface area contributed by atoms with E-state index in [1.807, 2.05) is 35.2 Å². The normalized spacial score (nSPS) is 24.3. The van der Waals surface area contributed by atoms with Gasteiger partial charge in [0.05, 0.1) is 12.0 Å². The van der Waals surface area contributed by atoms with Crippen LogP contribution < -0.4 is 5.32 Å². The average Bonchev–Trinajstić information content (AvgIpc) is 2.97. The molecule has 6 nitrogen and oxygen atoms in total. The lowest BCUT2D eigenvalue weighted by Crippen LogP contribution is -2.48. The molecule has 0 radical (unpaired) electrons. The first-order valence-corrected chi connectivity index (χ1v) is 8.23. The van der Waals surface area contributed by atoms with Crippen LogP contribution in [0.25, 0.3) is 0 Å². The molecule has 2 amide bonds. The Kier molecular flexibility index (Phi) is 4.61. The third kappa shape index (κ3) is 3.52. The number of nitrogens with one attached hydrogen (secondary N) is 1. The van der Waals surface area contributed by atoms with Gasteiger partial charge in [0, 0.05) is 38.6 Å². The number of pyridine rings is 1. The Morgan fingerprint density at radius 3 is 3.09 bits per heavy atom. The Hall–Kier alpha value is -1.95. The fourth-order valence-electron chi connectivity index (χ4n) is 3.59. The van der Waals surface area contributed by atoms with E-state index in [4.69, 9.17) is 0 Å². The van der Waals surface area contributed by atoms with Gasteiger partial charge in [0.15, 0.2) is 0 Å². The summed E-state index contributed by atoms with van der Waals surface area (Å²) >= 11 is 0. The van der Waals surface area contributed by atoms with E-state index in [2.05, 4.69) is 10.3 Å². The fraction of sp³-hybridized carbons (Fsp3) is 0.588. The summed E-state index contributed by atoms with van der Waals surface area (Å²) in [4.78, 5) is 32.6. The molecule has 124 valence electrons. The standard InChI is InChI=1S/C17H24N4O2/c1-20(11-14-4-2-7-18-10-14)12-15(22)21-9-6-17(13-21)5-3-8-19-16(17)23/h2,4,7,10H,3,5-6,8-9,11-13H2,1H3,(H,19,23)/t17-/m0/s1. The highest BCUT2D eigenvalue weighted by molar-refractivity contribution is 5.86. The largest absolute Gasteiger partial charge is 0.356 e. The monoisotopic (exact) mass is 316 g/mol. The van der Waals surface area contributed by atoms with Gasteiger partial charge < -0.3 is 10.2 Å². The van der Waals surface area contributed by atoms with Gasteiger partial charge in [0.2, 0.25) is 11.8 Å². The van der Waals surface area contributed by atoms with Crippen LogP contribution >= 0.6 is 0 Å². The predicted molar refractivity (Wildman–Crippen MR) is 86.4 cm³/mol. The van der Waals surface area contributed by atoms with Gasteiger partial charge >= 0.3 is 0 Å². The smallest absolute Gasteiger partial charge is 0.236 e. The van der Waals surface area contributed by atoms with Crippen molar-refractivity contribution in [1.82, 2.24) is 20.1 Å². The van der Waals surface area contributed by atoms with Crippen molar-refractivity contribution in [2.24, 2.45) is 5.41 Å². The second kappa shape index (κ2) is 6.66. The summed E-state index contributed by atoms with van der Waals surface area (Å²) in [5, 5.41) is 2.95. The van der Waals surface area contributed by atoms with Gasteiger partial charge in [-0.15, -0.1) is 0 Å². The number of carbonyl (C=O) groups is 2. The number of hydrogen-bond donors (Lipinski definition) is 1. The number of nitrogens with zero attached hydrogens (tertiary/aromatic N) is 3. The van der Waals surface area contributed by atoms with Gasteiger partial charge in [-0.1, -0.05) is 6.07 Å². The Morgan fingerprint density at radius 1 is 1.48 bits per heavy atom. The molecule has 3 heterocycles. The van der Waals surface area contributed by atoms with Crippen molar-refractivity contribution >= 4 is 11.8 Å². The van der Waals surface area contributed by atoms with E-state index in [0.717, 1.165) is 31.4 Å². The van der Waals surface area contributed by atoms with Crippen LogP contribution in [0.2, 0.25) is 0 Å². The molecule has 2 saturated heterocycles. The number of hydrogen-bond acceptors (Lipinski definition) is 4. The first-order chi connectivity index (χ1) is 11.1. The van der Waals surface area contributed by atoms with Crippen LogP contribution in [-0.2, 0) is 16.1 Å². The summed E-state index contributed by atoms with van der Waals surface area (Å²) in [5.41, 5.74) is 0.753. The number of likely N-dealkylation sites (tertiary alicyclic amines) is 1. The van der Waals surface area contributed by atoms with Crippen LogP contribution in [0.15, 0.2) is 24.5 Å². The molecule has 1 atom stereocenters. The zero-order chi connectivity index (χ0) is 16.3. The molecule has 6 heteroatoms. The van der Waals surface area contributed by atoms with Crippen molar-refractivity contribution in [2.75, 3.05) is 33.2 Å². The molecule has 2 aliphatic heterocycles. The third-order valence-corrected chi connectivity index (χ3v) is 4.89. The molecule has 3 rings (SSSR count). The number of piperidine rings is 1. The number of carbonyl (C=O) groups excluding carboxylic acids is 2. The van der Waals surface area contributed by atoms with Crippen LogP contribution in [0.1, 0.15) is 24.8 Å². The number of likely N-dealkylation sites (N-methyl/N-ethyl adjacent to an activating group) is 1. The van der Waals surface area contributed by atoms with Crippen molar-refractivity contribution in [1.29, 1.82) is 0 Å². The Labute approximate surface area is 136 Å². The highest BCUT2D eigenvalue weighted by atomic mass is 16.2. The summed E-state index contributed by atoms with van der Waals surface area (Å²) < 4.78 is 0. The lowest BCUT2D eigenvalue weighted by molar-refractivity contribution is -0.135. The van der Waals surface area contributed by atoms with E-state index in [1.165, 1.54) is 0 Å². The van der Waals surface area contributed by atoms with Gasteiger partial charge in [0.1, 0.15) is 0 Å². The number of amides is 2. The summed E-state index contributed by atoms with van der Waals surface area (Å²) in [6, 6.07) is 3.90. The molecule has 2 aliphatic rings. The van der Waals surface area contributed by atoms with E-state index in [0.29, 0.717) is 26.2 Å². The molecule has 0 aliphatic carbocycles. The highest BCUT2D eigenvalue weighted by Gasteiger charge is 2.46. The SMILES string of the molecule is CN(CC(=O)N1CC[C@@]2(CCCNC2=O)C1)Cc1cccnc1. The molecule has 1 aromatic rings. The molecule has 23 heavy (non-hydrogen) atoms. The zero-order valence-corrected chi connectivity index (χ0v) is 13.6. The second-order valence-corrected chi connectivity index (χ2v) is 6.74. The number of rotatable bonds is 4. The minimum atomic E-state index is -0.337. The van der Waals surface area contributed by atoms with Gasteiger partial charge in [-0.3, -0.25) is 19.5 Å². The van der Waals surface area contributed by atoms with Crippen molar-refractivity contribution < 1.29 is 9.59 Å². The summed E-state index contributed by atoms with van der Waals surface area (Å²) in [6.45, 7) is 3.08. The third-order valence-electron chi connectivity index (χ3n) is 4.89. The van der Waals surface area contributed by atoms with Crippen LogP contribution in [0, 0.1) is 5.41 Å². The maximum Gasteiger partial charge on any atom is 0.236 e. The Balaban J connectivity index is 1.54. The zero-order valence-electron chi connectivity index (χ0n) is 13.6. The molecule has 0 aromatic carbocycles. The first-order valence-electron chi connectivity index (χ1n) is 8.23. The maximum atomic E-state index is 12.5. The van der Waals surface area contributed by atoms with Gasteiger partial charge in [-0.2, -0.15) is 0 Å². The molecule has 0 saturated carbocycles. The Bertz CT molecular complexity index is 577. The molecule has 1 aromatic heterocycles. The molecule has 2 fully saturated rings. The van der Waals surface area contributed by atoms with Crippen molar-refractivity contribution in [3.8, 4) is 0 Å². The van der Waals surface area contributed by atoms with E-state index < -0.39 is 0 Å². The minimum Gasteiger partial charge on any atom is -0.356 e. The van der Waals surface area contributed by atoms with Gasteiger partial charge in [-0.25, -0.2) is 0 Å². The van der Waals surface area contributed by atoms with E-state index >= 15 is 0 Å². The number of aromatic nitrogens is 1. The maximum absolute atomic E-state index is 12.5. The van der Waals surface area contributed by atoms with Crippen molar-refractivity contribution in [3.63, 3.8) is 0 Å². The topological polar surface area (TPSA) is 65.5 Å². The minimum absolute atomic E-state index is 0.103. The summed E-state index contributed by atoms with van der Waals surface area (Å²) in [7, 11) is 1.93. The first kappa shape index (κ1) is 15.9. The van der Waals surface area contributed by atoms with Crippen molar-refractivity contribution in [3.05, 3.63) is 30.1 Å². The Morgan fingerprint density at radius 2 is 2.35 bits per heavy atom. The molecule has 0 bridgehead atoms. The lowest BCUT2D eigenvalue weighted by Gasteiger charge is -2.32. The van der Waals surface area contributed by atoms with E-state index in [9.17, 15) is 9.59 Å². The fourth-order valence-corrected chi connectivity index (χ4v) is 3.59. The van der Waals surface area contributed by atoms with Crippen LogP contribution in [0.4, 0.5) is 0 Å². The van der Waals surface area contributed by atoms with Crippen LogP contribution in [-0.4, -0.2) is 59.8 Å². The highest BCUT2D eigenvalue weighted by Crippen LogP contribution is 2.37. The quantitative estimate of drug-likeness (QED) is 0.885. The average molecular weight is 316 g/mol. The second-order valence-electron chi connectivity index (χ2n) is 6.74. The van der Waals surface area contributed by atoms with E-state index in [-0.39, 0.29) is 17.2 Å². The van der Waals surface area contributed by atoms with Crippen molar-refractivity contribution in [2.45, 2.75) is 25.8 Å². The molecular weight excluding hydrogens is 292 g/mol. The molecule has 1 spiro atoms. The van der Waals surface area contributed by atoms with Crippen LogP contribution in [0.3, 0.4) is 0 Å². The summed E-state index contributed by atoms with van der Waals surface area (Å²) in [5.74, 6) is 0.231.